The summed E-state index contributed by atoms with van der Waals surface area (Å²) in [5.74, 6) is -0.231. The van der Waals surface area contributed by atoms with E-state index in [2.05, 4.69) is 19.2 Å². The molecule has 0 radical (unpaired) electrons. The number of hydrogen-bond donors (Lipinski definition) is 1. The summed E-state index contributed by atoms with van der Waals surface area (Å²) in [4.78, 5) is 26.0. The van der Waals surface area contributed by atoms with Crippen LogP contribution in [0.1, 0.15) is 49.8 Å². The lowest BCUT2D eigenvalue weighted by molar-refractivity contribution is -0.129. The van der Waals surface area contributed by atoms with E-state index in [0.717, 1.165) is 16.8 Å². The molecule has 0 aliphatic rings. The molecule has 0 atom stereocenters. The number of anilines is 1. The highest BCUT2D eigenvalue weighted by atomic mass is 19.1. The van der Waals surface area contributed by atoms with Crippen LogP contribution in [0, 0.1) is 12.7 Å². The maximum Gasteiger partial charge on any atom is 0.226 e. The average molecular weight is 384 g/mol. The number of halogens is 1. The third-order valence-electron chi connectivity index (χ3n) is 4.85. The van der Waals surface area contributed by atoms with E-state index in [1.165, 1.54) is 13.0 Å². The highest BCUT2D eigenvalue weighted by Gasteiger charge is 2.15. The van der Waals surface area contributed by atoms with E-state index in [4.69, 9.17) is 0 Å². The molecule has 0 aliphatic carbocycles. The van der Waals surface area contributed by atoms with Crippen LogP contribution in [0.4, 0.5) is 10.1 Å². The molecule has 0 aromatic heterocycles. The fourth-order valence-electron chi connectivity index (χ4n) is 3.16. The van der Waals surface area contributed by atoms with Crippen molar-refractivity contribution in [1.29, 1.82) is 0 Å². The summed E-state index contributed by atoms with van der Waals surface area (Å²) >= 11 is 0. The van der Waals surface area contributed by atoms with Gasteiger partial charge in [0.05, 0.1) is 0 Å². The summed E-state index contributed by atoms with van der Waals surface area (Å²) in [6.45, 7) is 8.30. The number of rotatable bonds is 8. The van der Waals surface area contributed by atoms with Gasteiger partial charge >= 0.3 is 0 Å². The zero-order valence-corrected chi connectivity index (χ0v) is 17.1. The lowest BCUT2D eigenvalue weighted by atomic mass is 9.98. The molecule has 0 fully saturated rings. The molecule has 2 amide bonds. The van der Waals surface area contributed by atoms with E-state index in [1.807, 2.05) is 25.1 Å². The number of amides is 2. The molecule has 150 valence electrons. The van der Waals surface area contributed by atoms with Crippen LogP contribution in [0.3, 0.4) is 0 Å². The summed E-state index contributed by atoms with van der Waals surface area (Å²) in [7, 11) is 0. The van der Waals surface area contributed by atoms with E-state index in [9.17, 15) is 14.0 Å². The summed E-state index contributed by atoms with van der Waals surface area (Å²) in [5, 5.41) is 3.00. The van der Waals surface area contributed by atoms with Crippen molar-refractivity contribution in [2.45, 2.75) is 46.5 Å². The van der Waals surface area contributed by atoms with Gasteiger partial charge in [0.1, 0.15) is 5.82 Å². The molecule has 2 rings (SSSR count). The first kappa shape index (κ1) is 21.6. The first-order valence-corrected chi connectivity index (χ1v) is 9.68. The summed E-state index contributed by atoms with van der Waals surface area (Å²) in [6.07, 6.45) is 0.617. The van der Waals surface area contributed by atoms with Crippen molar-refractivity contribution >= 4 is 17.5 Å². The molecule has 0 aliphatic heterocycles. The zero-order valence-electron chi connectivity index (χ0n) is 17.1. The molecule has 0 saturated heterocycles. The van der Waals surface area contributed by atoms with Crippen LogP contribution in [-0.4, -0.2) is 29.8 Å². The van der Waals surface area contributed by atoms with Crippen LogP contribution in [-0.2, 0) is 16.0 Å². The number of para-hydroxylation sites is 1. The second kappa shape index (κ2) is 10.0. The number of carbonyl (C=O) groups excluding carboxylic acids is 2. The van der Waals surface area contributed by atoms with E-state index >= 15 is 0 Å². The van der Waals surface area contributed by atoms with Crippen LogP contribution < -0.4 is 5.32 Å². The molecule has 28 heavy (non-hydrogen) atoms. The van der Waals surface area contributed by atoms with E-state index < -0.39 is 0 Å². The zero-order chi connectivity index (χ0) is 20.7. The fraction of sp³-hybridized carbons (Fsp3) is 0.391. The molecule has 4 nitrogen and oxygen atoms in total. The van der Waals surface area contributed by atoms with Crippen molar-refractivity contribution in [2.75, 3.05) is 18.4 Å². The first-order valence-electron chi connectivity index (χ1n) is 9.68. The molecular formula is C23H29FN2O2. The second-order valence-electron chi connectivity index (χ2n) is 7.34. The maximum atomic E-state index is 13.8. The monoisotopic (exact) mass is 384 g/mol. The quantitative estimate of drug-likeness (QED) is 0.719. The van der Waals surface area contributed by atoms with E-state index in [1.54, 1.807) is 23.1 Å². The van der Waals surface area contributed by atoms with Gasteiger partial charge < -0.3 is 10.2 Å². The number of carbonyl (C=O) groups is 2. The Kier molecular flexibility index (Phi) is 7.73. The van der Waals surface area contributed by atoms with Crippen molar-refractivity contribution in [3.05, 3.63) is 65.0 Å². The number of aryl methyl sites for hydroxylation is 1. The highest BCUT2D eigenvalue weighted by molar-refractivity contribution is 5.92. The minimum absolute atomic E-state index is 0.122. The molecular weight excluding hydrogens is 355 g/mol. The Balaban J connectivity index is 1.96. The summed E-state index contributed by atoms with van der Waals surface area (Å²) in [5.41, 5.74) is 3.53. The maximum absolute atomic E-state index is 13.8. The molecule has 0 bridgehead atoms. The molecule has 2 aromatic carbocycles. The van der Waals surface area contributed by atoms with Gasteiger partial charge in [-0.3, -0.25) is 9.59 Å². The number of benzene rings is 2. The third-order valence-corrected chi connectivity index (χ3v) is 4.85. The van der Waals surface area contributed by atoms with Gasteiger partial charge in [0.2, 0.25) is 11.8 Å². The van der Waals surface area contributed by atoms with Gasteiger partial charge in [0.25, 0.3) is 0 Å². The number of nitrogens with one attached hydrogen (secondary N) is 1. The third kappa shape index (κ3) is 5.91. The predicted octanol–water partition coefficient (Wildman–Crippen LogP) is 4.68. The molecule has 0 spiro atoms. The Labute approximate surface area is 166 Å². The Bertz CT molecular complexity index is 833. The topological polar surface area (TPSA) is 49.4 Å². The van der Waals surface area contributed by atoms with E-state index in [-0.39, 0.29) is 24.1 Å². The largest absolute Gasteiger partial charge is 0.342 e. The van der Waals surface area contributed by atoms with Crippen molar-refractivity contribution in [3.63, 3.8) is 0 Å². The number of hydrogen-bond acceptors (Lipinski definition) is 2. The second-order valence-corrected chi connectivity index (χ2v) is 7.34. The van der Waals surface area contributed by atoms with Crippen molar-refractivity contribution in [3.8, 4) is 0 Å². The summed E-state index contributed by atoms with van der Waals surface area (Å²) in [6, 6.07) is 12.5. The molecule has 2 aromatic rings. The molecule has 1 N–H and O–H groups in total. The minimum Gasteiger partial charge on any atom is -0.342 e. The average Bonchev–Trinajstić information content (AvgIpc) is 2.64. The molecule has 0 unspecified atom stereocenters. The van der Waals surface area contributed by atoms with Crippen LogP contribution in [0.25, 0.3) is 0 Å². The van der Waals surface area contributed by atoms with Gasteiger partial charge in [0, 0.05) is 32.1 Å². The fourth-order valence-corrected chi connectivity index (χ4v) is 3.16. The smallest absolute Gasteiger partial charge is 0.226 e. The van der Waals surface area contributed by atoms with Crippen molar-refractivity contribution in [2.24, 2.45) is 0 Å². The van der Waals surface area contributed by atoms with Crippen LogP contribution >= 0.6 is 0 Å². The van der Waals surface area contributed by atoms with Gasteiger partial charge in [-0.25, -0.2) is 4.39 Å². The van der Waals surface area contributed by atoms with Crippen LogP contribution in [0.15, 0.2) is 42.5 Å². The molecule has 0 heterocycles. The van der Waals surface area contributed by atoms with Gasteiger partial charge in [-0.2, -0.15) is 0 Å². The highest BCUT2D eigenvalue weighted by Crippen LogP contribution is 2.27. The van der Waals surface area contributed by atoms with Crippen LogP contribution in [0.5, 0.6) is 0 Å². The Morgan fingerprint density at radius 3 is 2.43 bits per heavy atom. The van der Waals surface area contributed by atoms with Crippen molar-refractivity contribution in [1.82, 2.24) is 4.90 Å². The molecule has 0 saturated carbocycles. The first-order chi connectivity index (χ1) is 13.3. The Morgan fingerprint density at radius 2 is 1.79 bits per heavy atom. The Morgan fingerprint density at radius 1 is 1.07 bits per heavy atom. The minimum atomic E-state index is -0.274. The van der Waals surface area contributed by atoms with Gasteiger partial charge in [-0.15, -0.1) is 0 Å². The lowest BCUT2D eigenvalue weighted by Crippen LogP contribution is -2.34. The van der Waals surface area contributed by atoms with E-state index in [0.29, 0.717) is 31.0 Å². The normalized spacial score (nSPS) is 10.8. The molecule has 5 heteroatoms. The van der Waals surface area contributed by atoms with Gasteiger partial charge in [0.15, 0.2) is 0 Å². The van der Waals surface area contributed by atoms with Gasteiger partial charge in [-0.1, -0.05) is 50.2 Å². The SMILES string of the molecule is CC(=O)N(CCC(=O)Nc1c(C)cccc1C(C)C)CCc1ccccc1F. The van der Waals surface area contributed by atoms with Gasteiger partial charge in [-0.05, 0) is 42.0 Å². The number of nitrogens with zero attached hydrogens (tertiary/aromatic N) is 1. The predicted molar refractivity (Wildman–Crippen MR) is 111 cm³/mol. The summed E-state index contributed by atoms with van der Waals surface area (Å²) < 4.78 is 13.8. The standard InChI is InChI=1S/C23H29FN2O2/c1-16(2)20-10-7-8-17(3)23(20)25-22(28)13-15-26(18(4)27)14-12-19-9-5-6-11-21(19)24/h5-11,16H,12-15H2,1-4H3,(H,25,28). The lowest BCUT2D eigenvalue weighted by Gasteiger charge is -2.22. The van der Waals surface area contributed by atoms with Crippen LogP contribution in [0.2, 0.25) is 0 Å². The Hall–Kier alpha value is -2.69. The van der Waals surface area contributed by atoms with Crippen molar-refractivity contribution < 1.29 is 14.0 Å².